The van der Waals surface area contributed by atoms with Gasteiger partial charge < -0.3 is 10.8 Å². The molecule has 0 saturated heterocycles. The Morgan fingerprint density at radius 2 is 1.75 bits per heavy atom. The van der Waals surface area contributed by atoms with E-state index in [4.69, 9.17) is 10.8 Å². The molecule has 1 saturated carbocycles. The van der Waals surface area contributed by atoms with Gasteiger partial charge in [0.2, 0.25) is 0 Å². The Morgan fingerprint density at radius 1 is 1.42 bits per heavy atom. The van der Waals surface area contributed by atoms with Gasteiger partial charge in [0.1, 0.15) is 17.9 Å². The van der Waals surface area contributed by atoms with Crippen LogP contribution in [0.4, 0.5) is 8.78 Å². The minimum atomic E-state index is -1.73. The fourth-order valence-corrected chi connectivity index (χ4v) is 1.21. The molecule has 1 aliphatic rings. The average Bonchev–Trinajstić information content (AvgIpc) is 2.09. The average molecular weight is 202 g/mol. The van der Waals surface area contributed by atoms with Crippen LogP contribution in [0.1, 0.15) is 12.8 Å². The molecule has 3 N–H and O–H groups in total. The summed E-state index contributed by atoms with van der Waals surface area (Å²) in [7, 11) is 0. The van der Waals surface area contributed by atoms with Crippen LogP contribution in [-0.4, -0.2) is 29.0 Å². The molecular weight excluding hydrogens is 192 g/mol. The highest BCUT2D eigenvalue weighted by molar-refractivity contribution is 5.85. The highest BCUT2D eigenvalue weighted by atomic mass is 35.5. The minimum Gasteiger partial charge on any atom is -0.480 e. The summed E-state index contributed by atoms with van der Waals surface area (Å²) in [6, 6.07) is 0. The fourth-order valence-electron chi connectivity index (χ4n) is 1.21. The molecule has 0 aliphatic heterocycles. The van der Waals surface area contributed by atoms with Crippen molar-refractivity contribution in [1.29, 1.82) is 0 Å². The third-order valence-corrected chi connectivity index (χ3v) is 1.94. The molecule has 2 atom stereocenters. The van der Waals surface area contributed by atoms with Gasteiger partial charge in [-0.15, -0.1) is 12.4 Å². The number of carboxylic acid groups (broad SMARTS) is 1. The molecule has 0 amide bonds. The van der Waals surface area contributed by atoms with Crippen LogP contribution in [0.2, 0.25) is 0 Å². The molecule has 3 nitrogen and oxygen atoms in total. The van der Waals surface area contributed by atoms with Crippen molar-refractivity contribution >= 4 is 18.4 Å². The second kappa shape index (κ2) is 3.53. The van der Waals surface area contributed by atoms with E-state index in [1.54, 1.807) is 0 Å². The first-order valence-corrected chi connectivity index (χ1v) is 3.26. The SMILES string of the molecule is Cl.NC1(C(=O)O)CC(F)C(F)C1. The van der Waals surface area contributed by atoms with Crippen molar-refractivity contribution in [2.75, 3.05) is 0 Å². The monoisotopic (exact) mass is 201 g/mol. The lowest BCUT2D eigenvalue weighted by atomic mass is 10.00. The molecule has 1 aliphatic carbocycles. The van der Waals surface area contributed by atoms with Gasteiger partial charge in [-0.2, -0.15) is 0 Å². The summed E-state index contributed by atoms with van der Waals surface area (Å²) in [4.78, 5) is 10.4. The zero-order chi connectivity index (χ0) is 8.65. The summed E-state index contributed by atoms with van der Waals surface area (Å²) in [5.74, 6) is -1.33. The standard InChI is InChI=1S/C6H9F2NO2.ClH/c7-3-1-6(9,5(10)11)2-4(3)8;/h3-4H,1-2,9H2,(H,10,11);1H. The quantitative estimate of drug-likeness (QED) is 0.655. The van der Waals surface area contributed by atoms with Gasteiger partial charge in [0.15, 0.2) is 0 Å². The molecular formula is C6H10ClF2NO2. The highest BCUT2D eigenvalue weighted by Gasteiger charge is 2.48. The predicted octanol–water partition coefficient (Wildman–Crippen LogP) is 0.660. The van der Waals surface area contributed by atoms with Crippen LogP contribution < -0.4 is 5.73 Å². The number of nitrogens with two attached hydrogens (primary N) is 1. The van der Waals surface area contributed by atoms with Crippen molar-refractivity contribution in [3.8, 4) is 0 Å². The Balaban J connectivity index is 0.00000121. The highest BCUT2D eigenvalue weighted by Crippen LogP contribution is 2.32. The Kier molecular flexibility index (Phi) is 3.41. The Bertz CT molecular complexity index is 180. The number of carboxylic acids is 1. The first-order chi connectivity index (χ1) is 4.96. The first kappa shape index (κ1) is 11.6. The van der Waals surface area contributed by atoms with Crippen LogP contribution in [-0.2, 0) is 4.79 Å². The van der Waals surface area contributed by atoms with Crippen molar-refractivity contribution in [2.45, 2.75) is 30.7 Å². The van der Waals surface area contributed by atoms with Crippen LogP contribution in [0.15, 0.2) is 0 Å². The summed E-state index contributed by atoms with van der Waals surface area (Å²) >= 11 is 0. The number of alkyl halides is 2. The molecule has 6 heteroatoms. The van der Waals surface area contributed by atoms with Gasteiger partial charge in [-0.1, -0.05) is 0 Å². The number of rotatable bonds is 1. The minimum absolute atomic E-state index is 0. The fraction of sp³-hybridized carbons (Fsp3) is 0.833. The van der Waals surface area contributed by atoms with Crippen LogP contribution in [0.5, 0.6) is 0 Å². The molecule has 0 spiro atoms. The number of halogens is 3. The van der Waals surface area contributed by atoms with Gasteiger partial charge in [-0.05, 0) is 0 Å². The van der Waals surface area contributed by atoms with Crippen LogP contribution in [0.3, 0.4) is 0 Å². The second-order valence-electron chi connectivity index (χ2n) is 2.90. The normalized spacial score (nSPS) is 40.6. The molecule has 0 radical (unpaired) electrons. The topological polar surface area (TPSA) is 63.3 Å². The molecule has 2 unspecified atom stereocenters. The maximum absolute atomic E-state index is 12.5. The molecule has 1 fully saturated rings. The summed E-state index contributed by atoms with van der Waals surface area (Å²) in [6.07, 6.45) is -4.31. The third-order valence-electron chi connectivity index (χ3n) is 1.94. The number of hydrogen-bond donors (Lipinski definition) is 2. The zero-order valence-corrected chi connectivity index (χ0v) is 6.98. The van der Waals surface area contributed by atoms with E-state index in [0.29, 0.717) is 0 Å². The predicted molar refractivity (Wildman–Crippen MR) is 40.8 cm³/mol. The van der Waals surface area contributed by atoms with Gasteiger partial charge >= 0.3 is 5.97 Å². The van der Waals surface area contributed by atoms with Gasteiger partial charge in [0.25, 0.3) is 0 Å². The van der Waals surface area contributed by atoms with Crippen LogP contribution >= 0.6 is 12.4 Å². The van der Waals surface area contributed by atoms with E-state index in [9.17, 15) is 13.6 Å². The molecule has 0 aromatic rings. The summed E-state index contributed by atoms with van der Waals surface area (Å²) in [5.41, 5.74) is 3.51. The van der Waals surface area contributed by atoms with E-state index >= 15 is 0 Å². The van der Waals surface area contributed by atoms with Gasteiger partial charge in [-0.25, -0.2) is 8.78 Å². The first-order valence-electron chi connectivity index (χ1n) is 3.26. The van der Waals surface area contributed by atoms with Gasteiger partial charge in [0, 0.05) is 12.8 Å². The van der Waals surface area contributed by atoms with Crippen LogP contribution in [0.25, 0.3) is 0 Å². The summed E-state index contributed by atoms with van der Waals surface area (Å²) in [5, 5.41) is 8.45. The van der Waals surface area contributed by atoms with E-state index in [-0.39, 0.29) is 12.4 Å². The Morgan fingerprint density at radius 3 is 1.92 bits per heavy atom. The van der Waals surface area contributed by atoms with E-state index in [1.807, 2.05) is 0 Å². The van der Waals surface area contributed by atoms with Crippen molar-refractivity contribution in [1.82, 2.24) is 0 Å². The van der Waals surface area contributed by atoms with E-state index in [0.717, 1.165) is 0 Å². The van der Waals surface area contributed by atoms with Crippen molar-refractivity contribution in [3.05, 3.63) is 0 Å². The lowest BCUT2D eigenvalue weighted by Gasteiger charge is -2.15. The molecule has 0 heterocycles. The molecule has 0 aromatic carbocycles. The lowest BCUT2D eigenvalue weighted by molar-refractivity contribution is -0.143. The van der Waals surface area contributed by atoms with Gasteiger partial charge in [-0.3, -0.25) is 4.79 Å². The third kappa shape index (κ3) is 1.84. The Hall–Kier alpha value is -0.420. The van der Waals surface area contributed by atoms with Gasteiger partial charge in [0.05, 0.1) is 0 Å². The number of carbonyl (C=O) groups is 1. The smallest absolute Gasteiger partial charge is 0.323 e. The van der Waals surface area contributed by atoms with E-state index in [1.165, 1.54) is 0 Å². The van der Waals surface area contributed by atoms with E-state index < -0.39 is 36.7 Å². The number of hydrogen-bond acceptors (Lipinski definition) is 2. The van der Waals surface area contributed by atoms with Crippen LogP contribution in [0, 0.1) is 0 Å². The molecule has 0 bridgehead atoms. The molecule has 72 valence electrons. The largest absolute Gasteiger partial charge is 0.480 e. The molecule has 12 heavy (non-hydrogen) atoms. The van der Waals surface area contributed by atoms with Crippen molar-refractivity contribution < 1.29 is 18.7 Å². The van der Waals surface area contributed by atoms with Crippen molar-refractivity contribution in [2.24, 2.45) is 5.73 Å². The molecule has 0 aromatic heterocycles. The number of aliphatic carboxylic acids is 1. The zero-order valence-electron chi connectivity index (χ0n) is 6.17. The maximum Gasteiger partial charge on any atom is 0.323 e. The maximum atomic E-state index is 12.5. The summed E-state index contributed by atoms with van der Waals surface area (Å²) < 4.78 is 24.9. The molecule has 1 rings (SSSR count). The summed E-state index contributed by atoms with van der Waals surface area (Å²) in [6.45, 7) is 0. The van der Waals surface area contributed by atoms with Crippen molar-refractivity contribution in [3.63, 3.8) is 0 Å². The second-order valence-corrected chi connectivity index (χ2v) is 2.90. The Labute approximate surface area is 74.3 Å². The lowest BCUT2D eigenvalue weighted by Crippen LogP contribution is -2.45. The van der Waals surface area contributed by atoms with E-state index in [2.05, 4.69) is 0 Å².